The smallest absolute Gasteiger partial charge is 0.129 e. The molecule has 2 aromatic rings. The van der Waals surface area contributed by atoms with Gasteiger partial charge in [-0.05, 0) is 24.3 Å². The molecule has 1 heterocycles. The molecular weight excluding hydrogens is 248 g/mol. The number of rotatable bonds is 7. The molecule has 96 valence electrons. The molecule has 0 fully saturated rings. The Morgan fingerprint density at radius 2 is 2.00 bits per heavy atom. The molecule has 3 nitrogen and oxygen atoms in total. The lowest BCUT2D eigenvalue weighted by molar-refractivity contribution is 0.0957. The Labute approximate surface area is 111 Å². The highest BCUT2D eigenvalue weighted by atomic mass is 32.2. The van der Waals surface area contributed by atoms with Crippen LogP contribution in [-0.2, 0) is 11.3 Å². The predicted octanol–water partition coefficient (Wildman–Crippen LogP) is 2.95. The van der Waals surface area contributed by atoms with E-state index >= 15 is 0 Å². The van der Waals surface area contributed by atoms with E-state index in [4.69, 9.17) is 9.15 Å². The summed E-state index contributed by atoms with van der Waals surface area (Å²) >= 11 is 1.62. The van der Waals surface area contributed by atoms with Crippen molar-refractivity contribution in [1.82, 2.24) is 0 Å². The van der Waals surface area contributed by atoms with Crippen molar-refractivity contribution < 1.29 is 14.3 Å². The number of hydrogen-bond donors (Lipinski definition) is 1. The molecule has 0 bridgehead atoms. The van der Waals surface area contributed by atoms with E-state index in [0.717, 1.165) is 10.7 Å². The first kappa shape index (κ1) is 13.2. The van der Waals surface area contributed by atoms with Gasteiger partial charge in [0.15, 0.2) is 0 Å². The van der Waals surface area contributed by atoms with Crippen LogP contribution in [0.2, 0.25) is 0 Å². The van der Waals surface area contributed by atoms with Crippen molar-refractivity contribution >= 4 is 11.8 Å². The Morgan fingerprint density at radius 1 is 1.17 bits per heavy atom. The van der Waals surface area contributed by atoms with Crippen LogP contribution in [0.4, 0.5) is 0 Å². The van der Waals surface area contributed by atoms with Crippen LogP contribution in [0.15, 0.2) is 58.0 Å². The van der Waals surface area contributed by atoms with Crippen LogP contribution < -0.4 is 0 Å². The Balaban J connectivity index is 1.75. The number of benzene rings is 1. The maximum atomic E-state index is 9.32. The van der Waals surface area contributed by atoms with E-state index in [-0.39, 0.29) is 11.9 Å². The van der Waals surface area contributed by atoms with E-state index in [1.54, 1.807) is 18.0 Å². The molecular formula is C14H16O3S. The van der Waals surface area contributed by atoms with Crippen molar-refractivity contribution in [3.8, 4) is 0 Å². The van der Waals surface area contributed by atoms with Gasteiger partial charge in [-0.3, -0.25) is 0 Å². The summed E-state index contributed by atoms with van der Waals surface area (Å²) in [5.74, 6) is 0.802. The fourth-order valence-corrected chi connectivity index (χ4v) is 2.44. The van der Waals surface area contributed by atoms with Gasteiger partial charge >= 0.3 is 0 Å². The van der Waals surface area contributed by atoms with E-state index in [2.05, 4.69) is 0 Å². The zero-order valence-electron chi connectivity index (χ0n) is 9.99. The molecule has 1 N–H and O–H groups in total. The minimum Gasteiger partial charge on any atom is -0.467 e. The summed E-state index contributed by atoms with van der Waals surface area (Å²) in [6.07, 6.45) is 1.63. The van der Waals surface area contributed by atoms with Crippen molar-refractivity contribution in [2.24, 2.45) is 0 Å². The summed E-state index contributed by atoms with van der Waals surface area (Å²) in [7, 11) is 0. The summed E-state index contributed by atoms with van der Waals surface area (Å²) in [5.41, 5.74) is 0. The number of hydrogen-bond acceptors (Lipinski definition) is 4. The SMILES string of the molecule is OCC(COCc1ccco1)Sc1ccccc1. The van der Waals surface area contributed by atoms with Gasteiger partial charge < -0.3 is 14.3 Å². The van der Waals surface area contributed by atoms with Crippen LogP contribution in [0.1, 0.15) is 5.76 Å². The normalized spacial score (nSPS) is 12.5. The Kier molecular flexibility index (Phi) is 5.33. The third kappa shape index (κ3) is 4.22. The van der Waals surface area contributed by atoms with Gasteiger partial charge in [0.2, 0.25) is 0 Å². The quantitative estimate of drug-likeness (QED) is 0.781. The fourth-order valence-electron chi connectivity index (χ4n) is 1.50. The lowest BCUT2D eigenvalue weighted by atomic mass is 10.4. The van der Waals surface area contributed by atoms with Crippen LogP contribution in [0.25, 0.3) is 0 Å². The summed E-state index contributed by atoms with van der Waals surface area (Å²) < 4.78 is 10.7. The second kappa shape index (κ2) is 7.26. The van der Waals surface area contributed by atoms with Crippen molar-refractivity contribution in [1.29, 1.82) is 0 Å². The van der Waals surface area contributed by atoms with E-state index in [0.29, 0.717) is 13.2 Å². The minimum absolute atomic E-state index is 0.0439. The molecule has 0 radical (unpaired) electrons. The highest BCUT2D eigenvalue weighted by Gasteiger charge is 2.10. The molecule has 18 heavy (non-hydrogen) atoms. The number of aliphatic hydroxyl groups excluding tert-OH is 1. The third-order valence-electron chi connectivity index (χ3n) is 2.38. The zero-order chi connectivity index (χ0) is 12.6. The number of thioether (sulfide) groups is 1. The van der Waals surface area contributed by atoms with Crippen LogP contribution in [0, 0.1) is 0 Å². The Hall–Kier alpha value is -1.23. The molecule has 0 aliphatic rings. The minimum atomic E-state index is 0.0439. The molecule has 1 aromatic carbocycles. The molecule has 1 unspecified atom stereocenters. The summed E-state index contributed by atoms with van der Waals surface area (Å²) in [6.45, 7) is 1.04. The maximum Gasteiger partial charge on any atom is 0.129 e. The summed E-state index contributed by atoms with van der Waals surface area (Å²) in [4.78, 5) is 1.14. The molecule has 0 aliphatic carbocycles. The predicted molar refractivity (Wildman–Crippen MR) is 71.5 cm³/mol. The number of furan rings is 1. The maximum absolute atomic E-state index is 9.32. The lowest BCUT2D eigenvalue weighted by Gasteiger charge is -2.13. The van der Waals surface area contributed by atoms with Crippen molar-refractivity contribution in [3.05, 3.63) is 54.5 Å². The van der Waals surface area contributed by atoms with Crippen molar-refractivity contribution in [2.75, 3.05) is 13.2 Å². The van der Waals surface area contributed by atoms with Crippen LogP contribution >= 0.6 is 11.8 Å². The molecule has 2 rings (SSSR count). The van der Waals surface area contributed by atoms with Crippen LogP contribution in [0.3, 0.4) is 0 Å². The van der Waals surface area contributed by atoms with Gasteiger partial charge in [-0.1, -0.05) is 18.2 Å². The van der Waals surface area contributed by atoms with Crippen molar-refractivity contribution in [2.45, 2.75) is 16.8 Å². The second-order valence-corrected chi connectivity index (χ2v) is 5.20. The first-order valence-electron chi connectivity index (χ1n) is 5.81. The lowest BCUT2D eigenvalue weighted by Crippen LogP contribution is -2.16. The summed E-state index contributed by atoms with van der Waals surface area (Å²) in [5, 5.41) is 9.36. The van der Waals surface area contributed by atoms with Gasteiger partial charge in [-0.25, -0.2) is 0 Å². The molecule has 0 saturated heterocycles. The van der Waals surface area contributed by atoms with Crippen LogP contribution in [-0.4, -0.2) is 23.6 Å². The Morgan fingerprint density at radius 3 is 2.67 bits per heavy atom. The molecule has 1 aromatic heterocycles. The first-order chi connectivity index (χ1) is 8.88. The average molecular weight is 264 g/mol. The number of aliphatic hydroxyl groups is 1. The fraction of sp³-hybridized carbons (Fsp3) is 0.286. The van der Waals surface area contributed by atoms with Gasteiger partial charge in [-0.2, -0.15) is 0 Å². The van der Waals surface area contributed by atoms with Gasteiger partial charge in [0.25, 0.3) is 0 Å². The molecule has 4 heteroatoms. The largest absolute Gasteiger partial charge is 0.467 e. The van der Waals surface area contributed by atoms with Crippen molar-refractivity contribution in [3.63, 3.8) is 0 Å². The standard InChI is InChI=1S/C14H16O3S/c15-9-14(18-13-6-2-1-3-7-13)11-16-10-12-5-4-8-17-12/h1-8,14-15H,9-11H2. The highest BCUT2D eigenvalue weighted by Crippen LogP contribution is 2.23. The van der Waals surface area contributed by atoms with Crippen LogP contribution in [0.5, 0.6) is 0 Å². The highest BCUT2D eigenvalue weighted by molar-refractivity contribution is 8.00. The van der Waals surface area contributed by atoms with Gasteiger partial charge in [0, 0.05) is 4.90 Å². The van der Waals surface area contributed by atoms with E-state index in [9.17, 15) is 5.11 Å². The molecule has 0 saturated carbocycles. The monoisotopic (exact) mass is 264 g/mol. The van der Waals surface area contributed by atoms with Gasteiger partial charge in [0.1, 0.15) is 12.4 Å². The molecule has 0 aliphatic heterocycles. The zero-order valence-corrected chi connectivity index (χ0v) is 10.8. The van der Waals surface area contributed by atoms with E-state index in [1.807, 2.05) is 42.5 Å². The third-order valence-corrected chi connectivity index (χ3v) is 3.54. The number of ether oxygens (including phenoxy) is 1. The average Bonchev–Trinajstić information content (AvgIpc) is 2.92. The molecule has 0 amide bonds. The second-order valence-electron chi connectivity index (χ2n) is 3.83. The summed E-state index contributed by atoms with van der Waals surface area (Å²) in [6, 6.07) is 13.7. The van der Waals surface area contributed by atoms with Gasteiger partial charge in [0.05, 0.1) is 24.7 Å². The Bertz CT molecular complexity index is 428. The van der Waals surface area contributed by atoms with Gasteiger partial charge in [-0.15, -0.1) is 11.8 Å². The molecule has 0 spiro atoms. The topological polar surface area (TPSA) is 42.6 Å². The first-order valence-corrected chi connectivity index (χ1v) is 6.69. The molecule has 1 atom stereocenters. The van der Waals surface area contributed by atoms with E-state index in [1.165, 1.54) is 0 Å². The van der Waals surface area contributed by atoms with E-state index < -0.39 is 0 Å².